The second-order valence-electron chi connectivity index (χ2n) is 8.21. The first-order valence-corrected chi connectivity index (χ1v) is 12.4. The Bertz CT molecular complexity index is 1260. The van der Waals surface area contributed by atoms with Gasteiger partial charge in [-0.2, -0.15) is 0 Å². The first kappa shape index (κ1) is 22.5. The third kappa shape index (κ3) is 4.31. The molecule has 0 spiro atoms. The number of aryl methyl sites for hydroxylation is 1. The Balaban J connectivity index is 1.85. The van der Waals surface area contributed by atoms with Crippen LogP contribution in [0.2, 0.25) is 0 Å². The highest BCUT2D eigenvalue weighted by molar-refractivity contribution is 7.99. The van der Waals surface area contributed by atoms with Crippen molar-refractivity contribution in [2.45, 2.75) is 51.9 Å². The van der Waals surface area contributed by atoms with E-state index in [-0.39, 0.29) is 29.2 Å². The zero-order valence-corrected chi connectivity index (χ0v) is 20.2. The van der Waals surface area contributed by atoms with Gasteiger partial charge in [0.25, 0.3) is 5.56 Å². The molecule has 0 fully saturated rings. The van der Waals surface area contributed by atoms with Crippen LogP contribution in [0.15, 0.2) is 34.2 Å². The predicted octanol–water partition coefficient (Wildman–Crippen LogP) is 3.28. The largest absolute Gasteiger partial charge is 0.353 e. The van der Waals surface area contributed by atoms with Crippen LogP contribution >= 0.6 is 23.1 Å². The predicted molar refractivity (Wildman–Crippen MR) is 129 cm³/mol. The number of rotatable bonds is 5. The Morgan fingerprint density at radius 2 is 2.03 bits per heavy atom. The molecule has 0 atom stereocenters. The van der Waals surface area contributed by atoms with E-state index in [1.54, 1.807) is 16.4 Å². The van der Waals surface area contributed by atoms with E-state index in [0.29, 0.717) is 34.9 Å². The van der Waals surface area contributed by atoms with Gasteiger partial charge in [0.05, 0.1) is 23.4 Å². The highest BCUT2D eigenvalue weighted by Crippen LogP contribution is 2.34. The minimum Gasteiger partial charge on any atom is -0.353 e. The summed E-state index contributed by atoms with van der Waals surface area (Å²) >= 11 is 2.73. The number of amides is 2. The van der Waals surface area contributed by atoms with Crippen molar-refractivity contribution in [1.29, 1.82) is 0 Å². The van der Waals surface area contributed by atoms with Crippen molar-refractivity contribution in [1.82, 2.24) is 19.8 Å². The average molecular weight is 471 g/mol. The molecular formula is C23H26N4O3S2. The van der Waals surface area contributed by atoms with Gasteiger partial charge >= 0.3 is 0 Å². The zero-order chi connectivity index (χ0) is 23.0. The molecule has 168 valence electrons. The molecule has 9 heteroatoms. The van der Waals surface area contributed by atoms with Crippen molar-refractivity contribution in [3.63, 3.8) is 0 Å². The molecule has 0 saturated heterocycles. The van der Waals surface area contributed by atoms with E-state index in [0.717, 1.165) is 21.7 Å². The number of benzene rings is 1. The van der Waals surface area contributed by atoms with Gasteiger partial charge in [-0.15, -0.1) is 11.3 Å². The van der Waals surface area contributed by atoms with Crippen molar-refractivity contribution in [2.24, 2.45) is 0 Å². The fraction of sp³-hybridized carbons (Fsp3) is 0.391. The summed E-state index contributed by atoms with van der Waals surface area (Å²) in [7, 11) is 0. The second-order valence-corrected chi connectivity index (χ2v) is 10.2. The number of carbonyl (C=O) groups excluding carboxylic acids is 2. The molecule has 0 saturated carbocycles. The van der Waals surface area contributed by atoms with Crippen molar-refractivity contribution >= 4 is 45.1 Å². The van der Waals surface area contributed by atoms with Crippen LogP contribution in [0.3, 0.4) is 0 Å². The summed E-state index contributed by atoms with van der Waals surface area (Å²) in [5.41, 5.74) is 2.59. The summed E-state index contributed by atoms with van der Waals surface area (Å²) in [6.45, 7) is 8.46. The van der Waals surface area contributed by atoms with E-state index >= 15 is 0 Å². The van der Waals surface area contributed by atoms with Gasteiger partial charge in [0.15, 0.2) is 5.16 Å². The van der Waals surface area contributed by atoms with E-state index < -0.39 is 0 Å². The smallest absolute Gasteiger partial charge is 0.267 e. The number of hydrogen-bond donors (Lipinski definition) is 1. The number of para-hydroxylation sites is 1. The number of thioether (sulfide) groups is 1. The molecule has 7 nitrogen and oxygen atoms in total. The van der Waals surface area contributed by atoms with Gasteiger partial charge in [-0.05, 0) is 44.4 Å². The summed E-state index contributed by atoms with van der Waals surface area (Å²) in [4.78, 5) is 46.2. The molecule has 1 aliphatic heterocycles. The summed E-state index contributed by atoms with van der Waals surface area (Å²) < 4.78 is 1.63. The van der Waals surface area contributed by atoms with Gasteiger partial charge in [0.2, 0.25) is 11.8 Å². The fourth-order valence-electron chi connectivity index (χ4n) is 3.91. The lowest BCUT2D eigenvalue weighted by molar-refractivity contribution is -0.129. The second kappa shape index (κ2) is 9.07. The Morgan fingerprint density at radius 3 is 2.72 bits per heavy atom. The molecular weight excluding hydrogens is 444 g/mol. The van der Waals surface area contributed by atoms with Crippen LogP contribution in [-0.2, 0) is 22.6 Å². The van der Waals surface area contributed by atoms with Crippen LogP contribution in [-0.4, -0.2) is 44.6 Å². The fourth-order valence-corrected chi connectivity index (χ4v) is 6.00. The third-order valence-electron chi connectivity index (χ3n) is 5.43. The zero-order valence-electron chi connectivity index (χ0n) is 18.6. The normalized spacial score (nSPS) is 13.5. The lowest BCUT2D eigenvalue weighted by Crippen LogP contribution is -2.34. The Labute approximate surface area is 194 Å². The molecule has 0 radical (unpaired) electrons. The maximum absolute atomic E-state index is 13.8. The molecule has 1 N–H and O–H groups in total. The molecule has 0 unspecified atom stereocenters. The molecule has 2 aromatic heterocycles. The number of aromatic nitrogens is 2. The van der Waals surface area contributed by atoms with E-state index in [1.165, 1.54) is 23.1 Å². The van der Waals surface area contributed by atoms with Crippen molar-refractivity contribution in [3.8, 4) is 5.69 Å². The summed E-state index contributed by atoms with van der Waals surface area (Å²) in [6.07, 6.45) is 0.642. The molecule has 32 heavy (non-hydrogen) atoms. The number of nitrogens with one attached hydrogen (secondary N) is 1. The summed E-state index contributed by atoms with van der Waals surface area (Å²) in [6, 6.07) is 7.73. The first-order valence-electron chi connectivity index (χ1n) is 10.6. The van der Waals surface area contributed by atoms with Gasteiger partial charge in [0.1, 0.15) is 4.83 Å². The highest BCUT2D eigenvalue weighted by Gasteiger charge is 2.27. The number of thiophene rings is 1. The minimum absolute atomic E-state index is 0.0331. The van der Waals surface area contributed by atoms with E-state index in [4.69, 9.17) is 4.98 Å². The monoisotopic (exact) mass is 470 g/mol. The number of hydrogen-bond acceptors (Lipinski definition) is 6. The van der Waals surface area contributed by atoms with Crippen molar-refractivity contribution < 1.29 is 9.59 Å². The van der Waals surface area contributed by atoms with Crippen LogP contribution < -0.4 is 10.9 Å². The lowest BCUT2D eigenvalue weighted by atomic mass is 10.1. The van der Waals surface area contributed by atoms with E-state index in [9.17, 15) is 14.4 Å². The minimum atomic E-state index is -0.121. The number of fused-ring (bicyclic) bond motifs is 3. The maximum atomic E-state index is 13.8. The van der Waals surface area contributed by atoms with Crippen LogP contribution in [0.25, 0.3) is 15.9 Å². The quantitative estimate of drug-likeness (QED) is 0.457. The topological polar surface area (TPSA) is 84.3 Å². The SMILES string of the molecule is CC(=O)N1CCc2c(sc3nc(SCC(=O)NC(C)C)n(-c4ccccc4C)c(=O)c23)C1. The van der Waals surface area contributed by atoms with Crippen LogP contribution in [0.1, 0.15) is 36.8 Å². The average Bonchev–Trinajstić information content (AvgIpc) is 3.10. The van der Waals surface area contributed by atoms with Gasteiger partial charge in [-0.3, -0.25) is 19.0 Å². The summed E-state index contributed by atoms with van der Waals surface area (Å²) in [5.74, 6) is 0.106. The Kier molecular flexibility index (Phi) is 6.39. The molecule has 1 aromatic carbocycles. The molecule has 3 heterocycles. The van der Waals surface area contributed by atoms with Gasteiger partial charge in [-0.25, -0.2) is 4.98 Å². The van der Waals surface area contributed by atoms with Gasteiger partial charge < -0.3 is 10.2 Å². The molecule has 0 bridgehead atoms. The lowest BCUT2D eigenvalue weighted by Gasteiger charge is -2.25. The third-order valence-corrected chi connectivity index (χ3v) is 7.48. The molecule has 2 amide bonds. The molecule has 3 aromatic rings. The van der Waals surface area contributed by atoms with E-state index in [2.05, 4.69) is 5.32 Å². The highest BCUT2D eigenvalue weighted by atomic mass is 32.2. The van der Waals surface area contributed by atoms with Gasteiger partial charge in [-0.1, -0.05) is 30.0 Å². The first-order chi connectivity index (χ1) is 15.3. The van der Waals surface area contributed by atoms with Crippen LogP contribution in [0.4, 0.5) is 0 Å². The Hall–Kier alpha value is -2.65. The Morgan fingerprint density at radius 1 is 1.28 bits per heavy atom. The molecule has 4 rings (SSSR count). The summed E-state index contributed by atoms with van der Waals surface area (Å²) in [5, 5.41) is 4.01. The van der Waals surface area contributed by atoms with E-state index in [1.807, 2.05) is 45.0 Å². The van der Waals surface area contributed by atoms with Crippen molar-refractivity contribution in [3.05, 3.63) is 50.6 Å². The number of carbonyl (C=O) groups is 2. The van der Waals surface area contributed by atoms with Crippen molar-refractivity contribution in [2.75, 3.05) is 12.3 Å². The standard InChI is InChI=1S/C23H26N4O3S2/c1-13(2)24-19(29)12-31-23-25-21-20(16-9-10-26(15(4)28)11-18(16)32-21)22(30)27(23)17-8-6-5-7-14(17)3/h5-8,13H,9-12H2,1-4H3,(H,24,29). The van der Waals surface area contributed by atoms with Crippen LogP contribution in [0.5, 0.6) is 0 Å². The van der Waals surface area contributed by atoms with Crippen LogP contribution in [0, 0.1) is 6.92 Å². The number of nitrogens with zero attached hydrogens (tertiary/aromatic N) is 3. The molecule has 0 aliphatic carbocycles. The molecule has 1 aliphatic rings. The maximum Gasteiger partial charge on any atom is 0.267 e. The van der Waals surface area contributed by atoms with Gasteiger partial charge in [0, 0.05) is 24.4 Å².